The molecule has 0 fully saturated rings. The van der Waals surface area contributed by atoms with Crippen molar-refractivity contribution in [1.82, 2.24) is 0 Å². The second-order valence-electron chi connectivity index (χ2n) is 3.91. The Bertz CT molecular complexity index is 627. The van der Waals surface area contributed by atoms with Crippen molar-refractivity contribution in [3.05, 3.63) is 46.3 Å². The van der Waals surface area contributed by atoms with Gasteiger partial charge in [-0.05, 0) is 18.1 Å². The Morgan fingerprint density at radius 1 is 1.44 bits per heavy atom. The molecule has 0 bridgehead atoms. The molecule has 1 unspecified atom stereocenters. The molecular formula is C13H13NO4. The van der Waals surface area contributed by atoms with E-state index in [2.05, 4.69) is 4.74 Å². The van der Waals surface area contributed by atoms with Crippen LogP contribution >= 0.6 is 0 Å². The number of ether oxygens (including phenoxy) is 1. The van der Waals surface area contributed by atoms with E-state index in [1.54, 1.807) is 18.2 Å². The molecule has 0 amide bonds. The van der Waals surface area contributed by atoms with Crippen LogP contribution in [0.2, 0.25) is 0 Å². The van der Waals surface area contributed by atoms with E-state index in [-0.39, 0.29) is 11.8 Å². The highest BCUT2D eigenvalue weighted by molar-refractivity contribution is 5.82. The third kappa shape index (κ3) is 2.26. The lowest BCUT2D eigenvalue weighted by Gasteiger charge is -2.10. The van der Waals surface area contributed by atoms with Crippen LogP contribution in [-0.4, -0.2) is 19.1 Å². The van der Waals surface area contributed by atoms with Gasteiger partial charge in [-0.2, -0.15) is 0 Å². The highest BCUT2D eigenvalue weighted by Gasteiger charge is 2.16. The van der Waals surface area contributed by atoms with E-state index in [4.69, 9.17) is 10.2 Å². The van der Waals surface area contributed by atoms with Crippen LogP contribution in [0, 0.1) is 0 Å². The molecule has 0 aliphatic heterocycles. The zero-order valence-corrected chi connectivity index (χ0v) is 9.88. The number of hydrogen-bond donors (Lipinski definition) is 1. The van der Waals surface area contributed by atoms with Gasteiger partial charge in [0.15, 0.2) is 5.43 Å². The molecule has 5 nitrogen and oxygen atoms in total. The van der Waals surface area contributed by atoms with Gasteiger partial charge < -0.3 is 14.9 Å². The van der Waals surface area contributed by atoms with E-state index in [1.165, 1.54) is 19.4 Å². The summed E-state index contributed by atoms with van der Waals surface area (Å²) < 4.78 is 9.81. The molecule has 2 N–H and O–H groups in total. The fraction of sp³-hybridized carbons (Fsp3) is 0.231. The second kappa shape index (κ2) is 5.01. The normalized spacial score (nSPS) is 12.3. The van der Waals surface area contributed by atoms with Gasteiger partial charge in [0.2, 0.25) is 0 Å². The van der Waals surface area contributed by atoms with E-state index >= 15 is 0 Å². The Balaban J connectivity index is 2.46. The van der Waals surface area contributed by atoms with Gasteiger partial charge >= 0.3 is 5.97 Å². The molecule has 0 saturated heterocycles. The topological polar surface area (TPSA) is 82.5 Å². The number of esters is 1. The van der Waals surface area contributed by atoms with E-state index in [0.29, 0.717) is 16.5 Å². The van der Waals surface area contributed by atoms with Crippen molar-refractivity contribution in [1.29, 1.82) is 0 Å². The third-order valence-corrected chi connectivity index (χ3v) is 2.72. The predicted molar refractivity (Wildman–Crippen MR) is 66.2 cm³/mol. The van der Waals surface area contributed by atoms with Crippen LogP contribution in [0.15, 0.2) is 39.7 Å². The molecule has 0 aliphatic carbocycles. The number of benzene rings is 1. The quantitative estimate of drug-likeness (QED) is 0.812. The van der Waals surface area contributed by atoms with Crippen molar-refractivity contribution in [3.63, 3.8) is 0 Å². The second-order valence-corrected chi connectivity index (χ2v) is 3.91. The molecular weight excluding hydrogens is 234 g/mol. The van der Waals surface area contributed by atoms with Crippen molar-refractivity contribution in [3.8, 4) is 0 Å². The lowest BCUT2D eigenvalue weighted by molar-refractivity contribution is -0.142. The highest BCUT2D eigenvalue weighted by Crippen LogP contribution is 2.16. The van der Waals surface area contributed by atoms with Crippen LogP contribution in [0.4, 0.5) is 0 Å². The van der Waals surface area contributed by atoms with Crippen LogP contribution in [-0.2, 0) is 16.0 Å². The lowest BCUT2D eigenvalue weighted by atomic mass is 10.0. The summed E-state index contributed by atoms with van der Waals surface area (Å²) in [7, 11) is 1.28. The maximum atomic E-state index is 11.8. The van der Waals surface area contributed by atoms with Gasteiger partial charge in [0.05, 0.1) is 18.8 Å². The monoisotopic (exact) mass is 247 g/mol. The smallest absolute Gasteiger partial charge is 0.322 e. The van der Waals surface area contributed by atoms with Crippen LogP contribution in [0.25, 0.3) is 11.0 Å². The summed E-state index contributed by atoms with van der Waals surface area (Å²) in [4.78, 5) is 23.1. The average Bonchev–Trinajstić information content (AvgIpc) is 2.38. The number of rotatable bonds is 3. The van der Waals surface area contributed by atoms with Gasteiger partial charge in [0.25, 0.3) is 0 Å². The molecule has 1 aromatic heterocycles. The minimum atomic E-state index is -0.791. The summed E-state index contributed by atoms with van der Waals surface area (Å²) in [5.74, 6) is -0.507. The van der Waals surface area contributed by atoms with Crippen molar-refractivity contribution in [2.24, 2.45) is 5.73 Å². The number of nitrogens with two attached hydrogens (primary N) is 1. The van der Waals surface area contributed by atoms with Crippen LogP contribution < -0.4 is 11.2 Å². The Morgan fingerprint density at radius 2 is 2.22 bits per heavy atom. The summed E-state index contributed by atoms with van der Waals surface area (Å²) in [5, 5.41) is 0.458. The minimum absolute atomic E-state index is 0.149. The molecule has 18 heavy (non-hydrogen) atoms. The van der Waals surface area contributed by atoms with Crippen molar-refractivity contribution in [2.75, 3.05) is 7.11 Å². The molecule has 0 radical (unpaired) electrons. The molecule has 0 saturated carbocycles. The van der Waals surface area contributed by atoms with Crippen molar-refractivity contribution in [2.45, 2.75) is 12.5 Å². The Hall–Kier alpha value is -2.14. The number of fused-ring (bicyclic) bond motifs is 1. The lowest BCUT2D eigenvalue weighted by Crippen LogP contribution is -2.33. The van der Waals surface area contributed by atoms with Gasteiger partial charge in [0.1, 0.15) is 11.6 Å². The largest absolute Gasteiger partial charge is 0.468 e. The summed E-state index contributed by atoms with van der Waals surface area (Å²) in [6.45, 7) is 0. The van der Waals surface area contributed by atoms with Crippen molar-refractivity contribution < 1.29 is 13.9 Å². The first-order valence-electron chi connectivity index (χ1n) is 5.46. The van der Waals surface area contributed by atoms with E-state index in [1.807, 2.05) is 0 Å². The molecule has 1 atom stereocenters. The van der Waals surface area contributed by atoms with Crippen LogP contribution in [0.3, 0.4) is 0 Å². The molecule has 0 aliphatic rings. The Labute approximate surface area is 103 Å². The Kier molecular flexibility index (Phi) is 3.43. The average molecular weight is 247 g/mol. The maximum Gasteiger partial charge on any atom is 0.322 e. The predicted octanol–water partition coefficient (Wildman–Crippen LogP) is 0.836. The molecule has 2 rings (SSSR count). The van der Waals surface area contributed by atoms with Crippen LogP contribution in [0.5, 0.6) is 0 Å². The zero-order chi connectivity index (χ0) is 13.1. The minimum Gasteiger partial charge on any atom is -0.468 e. The number of carbonyl (C=O) groups excluding carboxylic acids is 1. The standard InChI is InChI=1S/C13H13NO4/c1-17-13(16)9(14)7-8-3-2-4-11-12(8)10(15)5-6-18-11/h2-6,9H,7,14H2,1H3. The van der Waals surface area contributed by atoms with Gasteiger partial charge in [-0.15, -0.1) is 0 Å². The summed E-state index contributed by atoms with van der Waals surface area (Å²) in [5.41, 5.74) is 6.71. The fourth-order valence-corrected chi connectivity index (χ4v) is 1.85. The molecule has 1 aromatic carbocycles. The summed E-state index contributed by atoms with van der Waals surface area (Å²) >= 11 is 0. The fourth-order valence-electron chi connectivity index (χ4n) is 1.85. The highest BCUT2D eigenvalue weighted by atomic mass is 16.5. The van der Waals surface area contributed by atoms with Crippen molar-refractivity contribution >= 4 is 16.9 Å². The first kappa shape index (κ1) is 12.3. The third-order valence-electron chi connectivity index (χ3n) is 2.72. The molecule has 1 heterocycles. The van der Waals surface area contributed by atoms with E-state index in [0.717, 1.165) is 0 Å². The van der Waals surface area contributed by atoms with Gasteiger partial charge in [-0.25, -0.2) is 0 Å². The van der Waals surface area contributed by atoms with Gasteiger partial charge in [-0.1, -0.05) is 12.1 Å². The molecule has 5 heteroatoms. The SMILES string of the molecule is COC(=O)C(N)Cc1cccc2occc(=O)c12. The van der Waals surface area contributed by atoms with E-state index in [9.17, 15) is 9.59 Å². The summed E-state index contributed by atoms with van der Waals surface area (Å²) in [6, 6.07) is 5.76. The molecule has 0 spiro atoms. The van der Waals surface area contributed by atoms with Crippen LogP contribution in [0.1, 0.15) is 5.56 Å². The van der Waals surface area contributed by atoms with Gasteiger partial charge in [-0.3, -0.25) is 9.59 Å². The number of carbonyl (C=O) groups is 1. The summed E-state index contributed by atoms with van der Waals surface area (Å²) in [6.07, 6.45) is 1.58. The first-order chi connectivity index (χ1) is 8.63. The molecule has 2 aromatic rings. The molecule has 94 valence electrons. The first-order valence-corrected chi connectivity index (χ1v) is 5.46. The Morgan fingerprint density at radius 3 is 2.94 bits per heavy atom. The van der Waals surface area contributed by atoms with Gasteiger partial charge in [0, 0.05) is 6.07 Å². The van der Waals surface area contributed by atoms with E-state index < -0.39 is 12.0 Å². The zero-order valence-electron chi connectivity index (χ0n) is 9.88. The number of methoxy groups -OCH3 is 1. The maximum absolute atomic E-state index is 11.8. The number of hydrogen-bond acceptors (Lipinski definition) is 5.